The van der Waals surface area contributed by atoms with Crippen molar-refractivity contribution in [2.24, 2.45) is 0 Å². The molecule has 1 aromatic carbocycles. The smallest absolute Gasteiger partial charge is 0.265 e. The molecule has 0 saturated carbocycles. The molecule has 5 nitrogen and oxygen atoms in total. The number of likely N-dealkylation sites (N-methyl/N-ethyl adjacent to an activating group) is 1. The van der Waals surface area contributed by atoms with Crippen molar-refractivity contribution in [2.75, 3.05) is 14.2 Å². The fraction of sp³-hybridized carbons (Fsp3) is 0.167. The van der Waals surface area contributed by atoms with Crippen LogP contribution in [0.4, 0.5) is 0 Å². The Bertz CT molecular complexity index is 598. The van der Waals surface area contributed by atoms with Crippen LogP contribution in [0.3, 0.4) is 0 Å². The predicted molar refractivity (Wildman–Crippen MR) is 77.3 cm³/mol. The number of thiocarbonyl (C=S) groups is 1. The van der Waals surface area contributed by atoms with Gasteiger partial charge in [0.15, 0.2) is 11.5 Å². The molecule has 100 valence electrons. The number of phenols is 2. The van der Waals surface area contributed by atoms with E-state index >= 15 is 0 Å². The Balaban J connectivity index is 2.42. The number of hydrogen-bond acceptors (Lipinski definition) is 6. The number of methoxy groups -OCH3 is 1. The molecule has 1 aromatic rings. The van der Waals surface area contributed by atoms with Crippen LogP contribution in [0.2, 0.25) is 0 Å². The van der Waals surface area contributed by atoms with Crippen LogP contribution in [0.15, 0.2) is 17.0 Å². The molecule has 2 N–H and O–H groups in total. The number of hydrogen-bond donors (Lipinski definition) is 2. The number of aromatic hydroxyl groups is 2. The molecule has 1 heterocycles. The Hall–Kier alpha value is -1.73. The van der Waals surface area contributed by atoms with Crippen molar-refractivity contribution in [3.05, 3.63) is 22.6 Å². The normalized spacial score (nSPS) is 17.4. The lowest BCUT2D eigenvalue weighted by Gasteiger charge is -2.07. The molecule has 0 atom stereocenters. The second-order valence-electron chi connectivity index (χ2n) is 3.79. The minimum atomic E-state index is -0.358. The molecule has 0 radical (unpaired) electrons. The van der Waals surface area contributed by atoms with Gasteiger partial charge >= 0.3 is 0 Å². The number of carbonyl (C=O) groups is 1. The zero-order chi connectivity index (χ0) is 14.2. The van der Waals surface area contributed by atoms with Gasteiger partial charge in [-0.15, -0.1) is 0 Å². The average Bonchev–Trinajstić information content (AvgIpc) is 2.63. The molecule has 2 rings (SSSR count). The molecule has 0 unspecified atom stereocenters. The summed E-state index contributed by atoms with van der Waals surface area (Å²) >= 11 is 6.15. The van der Waals surface area contributed by atoms with Crippen LogP contribution in [0, 0.1) is 0 Å². The summed E-state index contributed by atoms with van der Waals surface area (Å²) in [6.45, 7) is 0. The van der Waals surface area contributed by atoms with E-state index in [1.165, 1.54) is 24.2 Å². The van der Waals surface area contributed by atoms with Crippen LogP contribution in [0.25, 0.3) is 6.08 Å². The summed E-state index contributed by atoms with van der Waals surface area (Å²) in [5.74, 6) is -0.758. The van der Waals surface area contributed by atoms with Crippen LogP contribution in [-0.4, -0.2) is 39.5 Å². The molecule has 7 heteroatoms. The van der Waals surface area contributed by atoms with Gasteiger partial charge in [0.1, 0.15) is 4.32 Å². The third-order valence-electron chi connectivity index (χ3n) is 2.64. The van der Waals surface area contributed by atoms with Crippen molar-refractivity contribution in [1.29, 1.82) is 0 Å². The standard InChI is InChI=1S/C12H11NO4S2/c1-13-11(16)8(19-12(13)18)5-6-3-4-7(17-2)10(15)9(6)14/h3-5,14-15H,1-2H3. The highest BCUT2D eigenvalue weighted by atomic mass is 32.2. The van der Waals surface area contributed by atoms with Crippen LogP contribution in [-0.2, 0) is 4.79 Å². The van der Waals surface area contributed by atoms with E-state index in [9.17, 15) is 15.0 Å². The van der Waals surface area contributed by atoms with Gasteiger partial charge in [0.05, 0.1) is 12.0 Å². The second-order valence-corrected chi connectivity index (χ2v) is 5.47. The first-order valence-electron chi connectivity index (χ1n) is 5.26. The summed E-state index contributed by atoms with van der Waals surface area (Å²) in [6.07, 6.45) is 1.48. The molecule has 1 aliphatic heterocycles. The zero-order valence-corrected chi connectivity index (χ0v) is 11.8. The Kier molecular flexibility index (Phi) is 3.68. The Morgan fingerprint density at radius 1 is 1.37 bits per heavy atom. The number of phenolic OH excluding ortho intramolecular Hbond substituents is 2. The van der Waals surface area contributed by atoms with Crippen LogP contribution < -0.4 is 4.74 Å². The number of ether oxygens (including phenoxy) is 1. The number of nitrogens with zero attached hydrogens (tertiary/aromatic N) is 1. The van der Waals surface area contributed by atoms with Gasteiger partial charge in [0.2, 0.25) is 5.75 Å². The number of carbonyl (C=O) groups excluding carboxylic acids is 1. The fourth-order valence-electron chi connectivity index (χ4n) is 1.54. The molecule has 1 amide bonds. The Labute approximate surface area is 119 Å². The third kappa shape index (κ3) is 2.39. The first kappa shape index (κ1) is 13.7. The number of thioether (sulfide) groups is 1. The highest BCUT2D eigenvalue weighted by molar-refractivity contribution is 8.26. The molecule has 19 heavy (non-hydrogen) atoms. The van der Waals surface area contributed by atoms with Gasteiger partial charge in [-0.25, -0.2) is 0 Å². The fourth-order valence-corrected chi connectivity index (χ4v) is 2.72. The van der Waals surface area contributed by atoms with E-state index in [1.807, 2.05) is 0 Å². The maximum atomic E-state index is 11.8. The van der Waals surface area contributed by atoms with Gasteiger partial charge in [-0.3, -0.25) is 9.69 Å². The molecular weight excluding hydrogens is 286 g/mol. The monoisotopic (exact) mass is 297 g/mol. The summed E-state index contributed by atoms with van der Waals surface area (Å²) in [7, 11) is 2.97. The van der Waals surface area contributed by atoms with Crippen molar-refractivity contribution in [2.45, 2.75) is 0 Å². The molecular formula is C12H11NO4S2. The lowest BCUT2D eigenvalue weighted by molar-refractivity contribution is -0.121. The highest BCUT2D eigenvalue weighted by Crippen LogP contribution is 2.40. The first-order chi connectivity index (χ1) is 8.95. The molecule has 0 aromatic heterocycles. The highest BCUT2D eigenvalue weighted by Gasteiger charge is 2.29. The third-order valence-corrected chi connectivity index (χ3v) is 4.12. The van der Waals surface area contributed by atoms with E-state index in [0.29, 0.717) is 14.8 Å². The minimum absolute atomic E-state index is 0.165. The summed E-state index contributed by atoms with van der Waals surface area (Å²) in [6, 6.07) is 3.06. The number of benzene rings is 1. The molecule has 0 bridgehead atoms. The van der Waals surface area contributed by atoms with Gasteiger partial charge in [0.25, 0.3) is 5.91 Å². The van der Waals surface area contributed by atoms with Crippen molar-refractivity contribution in [3.8, 4) is 17.2 Å². The van der Waals surface area contributed by atoms with Crippen molar-refractivity contribution in [1.82, 2.24) is 4.90 Å². The summed E-state index contributed by atoms with van der Waals surface area (Å²) in [5, 5.41) is 19.5. The predicted octanol–water partition coefficient (Wildman–Crippen LogP) is 1.94. The van der Waals surface area contributed by atoms with Crippen molar-refractivity contribution >= 4 is 40.3 Å². The van der Waals surface area contributed by atoms with E-state index < -0.39 is 0 Å². The van der Waals surface area contributed by atoms with E-state index in [4.69, 9.17) is 17.0 Å². The first-order valence-corrected chi connectivity index (χ1v) is 6.48. The Morgan fingerprint density at radius 3 is 2.58 bits per heavy atom. The van der Waals surface area contributed by atoms with Crippen LogP contribution in [0.1, 0.15) is 5.56 Å². The number of amides is 1. The lowest BCUT2D eigenvalue weighted by Crippen LogP contribution is -2.22. The summed E-state index contributed by atoms with van der Waals surface area (Å²) < 4.78 is 5.33. The van der Waals surface area contributed by atoms with Crippen LogP contribution in [0.5, 0.6) is 17.2 Å². The molecule has 1 saturated heterocycles. The summed E-state index contributed by atoms with van der Waals surface area (Å²) in [5.41, 5.74) is 0.326. The topological polar surface area (TPSA) is 70.0 Å². The maximum Gasteiger partial charge on any atom is 0.265 e. The Morgan fingerprint density at radius 2 is 2.05 bits per heavy atom. The molecule has 1 fully saturated rings. The molecule has 0 spiro atoms. The van der Waals surface area contributed by atoms with E-state index in [2.05, 4.69) is 0 Å². The van der Waals surface area contributed by atoms with E-state index in [1.54, 1.807) is 13.1 Å². The SMILES string of the molecule is COc1ccc(C=C2SC(=S)N(C)C2=O)c(O)c1O. The van der Waals surface area contributed by atoms with Gasteiger partial charge in [-0.2, -0.15) is 0 Å². The summed E-state index contributed by atoms with van der Waals surface area (Å²) in [4.78, 5) is 13.6. The average molecular weight is 297 g/mol. The molecule has 0 aliphatic carbocycles. The largest absolute Gasteiger partial charge is 0.504 e. The van der Waals surface area contributed by atoms with E-state index in [0.717, 1.165) is 11.8 Å². The van der Waals surface area contributed by atoms with Gasteiger partial charge < -0.3 is 14.9 Å². The van der Waals surface area contributed by atoms with Gasteiger partial charge in [-0.05, 0) is 18.2 Å². The zero-order valence-electron chi connectivity index (χ0n) is 10.2. The lowest BCUT2D eigenvalue weighted by atomic mass is 10.1. The van der Waals surface area contributed by atoms with Gasteiger partial charge in [0, 0.05) is 12.6 Å². The van der Waals surface area contributed by atoms with Crippen molar-refractivity contribution < 1.29 is 19.7 Å². The van der Waals surface area contributed by atoms with E-state index in [-0.39, 0.29) is 23.2 Å². The van der Waals surface area contributed by atoms with Crippen LogP contribution >= 0.6 is 24.0 Å². The number of rotatable bonds is 2. The van der Waals surface area contributed by atoms with Gasteiger partial charge in [-0.1, -0.05) is 24.0 Å². The van der Waals surface area contributed by atoms with Crippen molar-refractivity contribution in [3.63, 3.8) is 0 Å². The second kappa shape index (κ2) is 5.10. The minimum Gasteiger partial charge on any atom is -0.504 e. The maximum absolute atomic E-state index is 11.8. The molecule has 1 aliphatic rings. The quantitative estimate of drug-likeness (QED) is 0.494.